The van der Waals surface area contributed by atoms with E-state index in [0.717, 1.165) is 43.6 Å². The van der Waals surface area contributed by atoms with Gasteiger partial charge >= 0.3 is 6.18 Å². The maximum absolute atomic E-state index is 13.0. The van der Waals surface area contributed by atoms with Gasteiger partial charge in [0.25, 0.3) is 0 Å². The minimum Gasteiger partial charge on any atom is -0.439 e. The molecule has 0 spiro atoms. The Labute approximate surface area is 185 Å². The number of hydrogen-bond donors (Lipinski definition) is 2. The molecule has 4 rings (SSSR count). The van der Waals surface area contributed by atoms with Gasteiger partial charge in [0.15, 0.2) is 0 Å². The quantitative estimate of drug-likeness (QED) is 0.542. The van der Waals surface area contributed by atoms with E-state index in [1.54, 1.807) is 30.5 Å². The molecule has 1 fully saturated rings. The molecular formula is C25H25F3N2O2. The number of pyridine rings is 1. The number of hydrogen-bond acceptors (Lipinski definition) is 4. The largest absolute Gasteiger partial charge is 0.439 e. The van der Waals surface area contributed by atoms with Crippen LogP contribution in [0.4, 0.5) is 13.2 Å². The van der Waals surface area contributed by atoms with Gasteiger partial charge < -0.3 is 15.2 Å². The van der Waals surface area contributed by atoms with Crippen LogP contribution >= 0.6 is 0 Å². The SMILES string of the molecule is OC(Cc1ccc(Oc2ccccn2)cc1)(c1ccc(C(F)(F)F)cc1)C1CCNCC1. The van der Waals surface area contributed by atoms with Crippen molar-refractivity contribution in [2.24, 2.45) is 5.92 Å². The fourth-order valence-corrected chi connectivity index (χ4v) is 4.24. The highest BCUT2D eigenvalue weighted by Crippen LogP contribution is 2.40. The summed E-state index contributed by atoms with van der Waals surface area (Å²) in [7, 11) is 0. The van der Waals surface area contributed by atoms with E-state index in [4.69, 9.17) is 4.74 Å². The highest BCUT2D eigenvalue weighted by Gasteiger charge is 2.40. The molecule has 1 aliphatic heterocycles. The Bertz CT molecular complexity index is 1000. The highest BCUT2D eigenvalue weighted by molar-refractivity contribution is 5.35. The molecule has 32 heavy (non-hydrogen) atoms. The van der Waals surface area contributed by atoms with Crippen LogP contribution < -0.4 is 10.1 Å². The Morgan fingerprint density at radius 2 is 1.56 bits per heavy atom. The average molecular weight is 442 g/mol. The zero-order chi connectivity index (χ0) is 22.6. The number of aliphatic hydroxyl groups is 1. The highest BCUT2D eigenvalue weighted by atomic mass is 19.4. The van der Waals surface area contributed by atoms with Crippen LogP contribution in [0, 0.1) is 5.92 Å². The fraction of sp³-hybridized carbons (Fsp3) is 0.320. The standard InChI is InChI=1S/C25H25F3N2O2/c26-25(27,28)21-8-6-19(7-9-21)24(31,20-12-15-29-16-13-20)17-18-4-10-22(11-5-18)32-23-3-1-2-14-30-23/h1-11,14,20,29,31H,12-13,15-17H2. The summed E-state index contributed by atoms with van der Waals surface area (Å²) in [4.78, 5) is 4.13. The molecular weight excluding hydrogens is 417 g/mol. The second-order valence-electron chi connectivity index (χ2n) is 8.11. The molecule has 7 heteroatoms. The summed E-state index contributed by atoms with van der Waals surface area (Å²) in [5.74, 6) is 1.04. The molecule has 4 nitrogen and oxygen atoms in total. The van der Waals surface area contributed by atoms with Crippen molar-refractivity contribution in [2.45, 2.75) is 31.0 Å². The first kappa shape index (κ1) is 22.3. The van der Waals surface area contributed by atoms with E-state index in [0.29, 0.717) is 23.6 Å². The van der Waals surface area contributed by atoms with Crippen LogP contribution in [-0.4, -0.2) is 23.2 Å². The Morgan fingerprint density at radius 1 is 0.906 bits per heavy atom. The number of piperidine rings is 1. The molecule has 0 bridgehead atoms. The summed E-state index contributed by atoms with van der Waals surface area (Å²) in [5, 5.41) is 15.1. The number of nitrogens with zero attached hydrogens (tertiary/aromatic N) is 1. The number of aromatic nitrogens is 1. The number of alkyl halides is 3. The third-order valence-electron chi connectivity index (χ3n) is 5.98. The first-order valence-electron chi connectivity index (χ1n) is 10.6. The zero-order valence-corrected chi connectivity index (χ0v) is 17.5. The van der Waals surface area contributed by atoms with Crippen LogP contribution in [-0.2, 0) is 18.2 Å². The maximum atomic E-state index is 13.0. The van der Waals surface area contributed by atoms with Crippen molar-refractivity contribution in [1.82, 2.24) is 10.3 Å². The minimum atomic E-state index is -4.41. The lowest BCUT2D eigenvalue weighted by Gasteiger charge is -2.39. The van der Waals surface area contributed by atoms with E-state index < -0.39 is 17.3 Å². The molecule has 1 saturated heterocycles. The summed E-state index contributed by atoms with van der Waals surface area (Å²) in [6.07, 6.45) is -0.967. The third kappa shape index (κ3) is 5.11. The summed E-state index contributed by atoms with van der Waals surface area (Å²) in [5.41, 5.74) is -0.606. The first-order valence-corrected chi connectivity index (χ1v) is 10.6. The molecule has 2 aromatic carbocycles. The van der Waals surface area contributed by atoms with Crippen molar-refractivity contribution < 1.29 is 23.0 Å². The van der Waals surface area contributed by atoms with Crippen molar-refractivity contribution in [3.63, 3.8) is 0 Å². The minimum absolute atomic E-state index is 0.0649. The fourth-order valence-electron chi connectivity index (χ4n) is 4.24. The Kier molecular flexibility index (Phi) is 6.48. The van der Waals surface area contributed by atoms with Crippen LogP contribution in [0.1, 0.15) is 29.5 Å². The van der Waals surface area contributed by atoms with E-state index >= 15 is 0 Å². The smallest absolute Gasteiger partial charge is 0.416 e. The molecule has 2 N–H and O–H groups in total. The topological polar surface area (TPSA) is 54.4 Å². The van der Waals surface area contributed by atoms with Gasteiger partial charge in [-0.25, -0.2) is 4.98 Å². The first-order chi connectivity index (χ1) is 15.3. The lowest BCUT2D eigenvalue weighted by atomic mass is 9.73. The second kappa shape index (κ2) is 9.30. The van der Waals surface area contributed by atoms with Crippen LogP contribution in [0.2, 0.25) is 0 Å². The van der Waals surface area contributed by atoms with Gasteiger partial charge in [0, 0.05) is 18.7 Å². The molecule has 1 aromatic heterocycles. The lowest BCUT2D eigenvalue weighted by molar-refractivity contribution is -0.137. The van der Waals surface area contributed by atoms with E-state index in [1.165, 1.54) is 12.1 Å². The predicted molar refractivity (Wildman–Crippen MR) is 115 cm³/mol. The molecule has 2 heterocycles. The van der Waals surface area contributed by atoms with Gasteiger partial charge in [-0.3, -0.25) is 0 Å². The van der Waals surface area contributed by atoms with Gasteiger partial charge in [-0.05, 0) is 73.3 Å². The van der Waals surface area contributed by atoms with Crippen LogP contribution in [0.25, 0.3) is 0 Å². The van der Waals surface area contributed by atoms with E-state index in [1.807, 2.05) is 18.2 Å². The molecule has 0 amide bonds. The molecule has 1 aliphatic rings. The van der Waals surface area contributed by atoms with Crippen LogP contribution in [0.5, 0.6) is 11.6 Å². The van der Waals surface area contributed by atoms with Gasteiger partial charge in [0.05, 0.1) is 11.2 Å². The van der Waals surface area contributed by atoms with Gasteiger partial charge in [0.1, 0.15) is 5.75 Å². The Hall–Kier alpha value is -2.90. The second-order valence-corrected chi connectivity index (χ2v) is 8.11. The lowest BCUT2D eigenvalue weighted by Crippen LogP contribution is -2.43. The average Bonchev–Trinajstić information content (AvgIpc) is 2.81. The Morgan fingerprint density at radius 3 is 2.16 bits per heavy atom. The van der Waals surface area contributed by atoms with Crippen LogP contribution in [0.15, 0.2) is 72.9 Å². The predicted octanol–water partition coefficient (Wildman–Crippen LogP) is 5.32. The van der Waals surface area contributed by atoms with E-state index in [-0.39, 0.29) is 5.92 Å². The molecule has 1 atom stereocenters. The number of rotatable bonds is 6. The number of benzene rings is 2. The summed E-state index contributed by atoms with van der Waals surface area (Å²) in [6.45, 7) is 1.54. The molecule has 168 valence electrons. The van der Waals surface area contributed by atoms with Crippen molar-refractivity contribution in [3.8, 4) is 11.6 Å². The number of nitrogens with one attached hydrogen (secondary N) is 1. The van der Waals surface area contributed by atoms with E-state index in [9.17, 15) is 18.3 Å². The molecule has 0 aliphatic carbocycles. The summed E-state index contributed by atoms with van der Waals surface area (Å²) >= 11 is 0. The normalized spacial score (nSPS) is 17.0. The van der Waals surface area contributed by atoms with Gasteiger partial charge in [-0.15, -0.1) is 0 Å². The molecule has 3 aromatic rings. The molecule has 0 saturated carbocycles. The Balaban J connectivity index is 1.58. The van der Waals surface area contributed by atoms with Crippen LogP contribution in [0.3, 0.4) is 0 Å². The van der Waals surface area contributed by atoms with Gasteiger partial charge in [0.2, 0.25) is 5.88 Å². The summed E-state index contributed by atoms with van der Waals surface area (Å²) in [6, 6.07) is 17.7. The third-order valence-corrected chi connectivity index (χ3v) is 5.98. The maximum Gasteiger partial charge on any atom is 0.416 e. The van der Waals surface area contributed by atoms with Crippen molar-refractivity contribution >= 4 is 0 Å². The van der Waals surface area contributed by atoms with Gasteiger partial charge in [-0.1, -0.05) is 30.3 Å². The number of ether oxygens (including phenoxy) is 1. The van der Waals surface area contributed by atoms with Crippen molar-refractivity contribution in [3.05, 3.63) is 89.6 Å². The van der Waals surface area contributed by atoms with Gasteiger partial charge in [-0.2, -0.15) is 13.2 Å². The zero-order valence-electron chi connectivity index (χ0n) is 17.5. The monoisotopic (exact) mass is 442 g/mol. The number of halogens is 3. The van der Waals surface area contributed by atoms with E-state index in [2.05, 4.69) is 10.3 Å². The molecule has 0 radical (unpaired) electrons. The van der Waals surface area contributed by atoms with Crippen molar-refractivity contribution in [1.29, 1.82) is 0 Å². The summed E-state index contributed by atoms with van der Waals surface area (Å²) < 4.78 is 44.8. The molecule has 1 unspecified atom stereocenters. The van der Waals surface area contributed by atoms with Crippen molar-refractivity contribution in [2.75, 3.05) is 13.1 Å².